The van der Waals surface area contributed by atoms with Crippen LogP contribution in [0.15, 0.2) is 60.8 Å². The number of amides is 2. The number of hydrogen-bond acceptors (Lipinski definition) is 7. The SMILES string of the molecule is CCN(CC)CCNC(=O)c1ccc(Nc2nccc(N3CCC[C@H](C(=O)NCc4ccc(C)cc4)C3)n2)cc1. The summed E-state index contributed by atoms with van der Waals surface area (Å²) in [6.07, 6.45) is 3.51. The summed E-state index contributed by atoms with van der Waals surface area (Å²) in [5.41, 5.74) is 3.71. The van der Waals surface area contributed by atoms with Crippen molar-refractivity contribution in [3.8, 4) is 0 Å². The molecule has 3 aromatic rings. The van der Waals surface area contributed by atoms with E-state index in [0.29, 0.717) is 31.1 Å². The molecule has 9 heteroatoms. The molecule has 4 rings (SSSR count). The summed E-state index contributed by atoms with van der Waals surface area (Å²) in [6.45, 7) is 11.7. The Morgan fingerprint density at radius 2 is 1.75 bits per heavy atom. The first kappa shape index (κ1) is 29.0. The molecule has 0 unspecified atom stereocenters. The zero-order chi connectivity index (χ0) is 28.3. The summed E-state index contributed by atoms with van der Waals surface area (Å²) >= 11 is 0. The highest BCUT2D eigenvalue weighted by Gasteiger charge is 2.26. The van der Waals surface area contributed by atoms with Crippen molar-refractivity contribution in [3.63, 3.8) is 0 Å². The van der Waals surface area contributed by atoms with E-state index in [2.05, 4.69) is 75.8 Å². The molecule has 1 aliphatic rings. The summed E-state index contributed by atoms with van der Waals surface area (Å²) in [4.78, 5) is 38.9. The van der Waals surface area contributed by atoms with Crippen molar-refractivity contribution in [1.29, 1.82) is 0 Å². The van der Waals surface area contributed by atoms with Gasteiger partial charge >= 0.3 is 0 Å². The predicted molar refractivity (Wildman–Crippen MR) is 160 cm³/mol. The number of carbonyl (C=O) groups excluding carboxylic acids is 2. The summed E-state index contributed by atoms with van der Waals surface area (Å²) in [5, 5.41) is 9.31. The lowest BCUT2D eigenvalue weighted by molar-refractivity contribution is -0.125. The quantitative estimate of drug-likeness (QED) is 0.316. The van der Waals surface area contributed by atoms with Gasteiger partial charge in [-0.15, -0.1) is 0 Å². The van der Waals surface area contributed by atoms with E-state index in [4.69, 9.17) is 4.98 Å². The molecule has 40 heavy (non-hydrogen) atoms. The van der Waals surface area contributed by atoms with E-state index < -0.39 is 0 Å². The summed E-state index contributed by atoms with van der Waals surface area (Å²) in [6, 6.07) is 17.4. The lowest BCUT2D eigenvalue weighted by atomic mass is 9.97. The number of piperidine rings is 1. The van der Waals surface area contributed by atoms with E-state index in [1.165, 1.54) is 5.56 Å². The first-order valence-electron chi connectivity index (χ1n) is 14.2. The van der Waals surface area contributed by atoms with Crippen LogP contribution in [0.2, 0.25) is 0 Å². The van der Waals surface area contributed by atoms with Crippen LogP contribution in [0.4, 0.5) is 17.5 Å². The highest BCUT2D eigenvalue weighted by molar-refractivity contribution is 5.94. The molecule has 1 aliphatic heterocycles. The van der Waals surface area contributed by atoms with Crippen LogP contribution in [0.3, 0.4) is 0 Å². The molecule has 1 atom stereocenters. The van der Waals surface area contributed by atoms with Gasteiger partial charge in [-0.05, 0) is 68.8 Å². The van der Waals surface area contributed by atoms with Gasteiger partial charge in [0.25, 0.3) is 5.91 Å². The Labute approximate surface area is 237 Å². The van der Waals surface area contributed by atoms with Crippen molar-refractivity contribution in [2.24, 2.45) is 5.92 Å². The Morgan fingerprint density at radius 3 is 2.48 bits per heavy atom. The Balaban J connectivity index is 1.29. The van der Waals surface area contributed by atoms with Crippen LogP contribution in [-0.2, 0) is 11.3 Å². The lowest BCUT2D eigenvalue weighted by Gasteiger charge is -2.33. The van der Waals surface area contributed by atoms with Crippen LogP contribution in [-0.4, -0.2) is 66.0 Å². The van der Waals surface area contributed by atoms with Crippen LogP contribution in [0, 0.1) is 12.8 Å². The van der Waals surface area contributed by atoms with Gasteiger partial charge in [0.2, 0.25) is 11.9 Å². The van der Waals surface area contributed by atoms with Crippen molar-refractivity contribution in [1.82, 2.24) is 25.5 Å². The second kappa shape index (κ2) is 14.4. The molecule has 1 saturated heterocycles. The Hall–Kier alpha value is -3.98. The van der Waals surface area contributed by atoms with Gasteiger partial charge in [0.05, 0.1) is 5.92 Å². The second-order valence-electron chi connectivity index (χ2n) is 10.2. The maximum absolute atomic E-state index is 12.9. The maximum atomic E-state index is 12.9. The largest absolute Gasteiger partial charge is 0.356 e. The number of nitrogens with zero attached hydrogens (tertiary/aromatic N) is 4. The van der Waals surface area contributed by atoms with E-state index in [0.717, 1.165) is 56.1 Å². The summed E-state index contributed by atoms with van der Waals surface area (Å²) in [5.74, 6) is 1.17. The van der Waals surface area contributed by atoms with Crippen molar-refractivity contribution in [3.05, 3.63) is 77.5 Å². The normalized spacial score (nSPS) is 15.1. The molecule has 3 N–H and O–H groups in total. The summed E-state index contributed by atoms with van der Waals surface area (Å²) < 4.78 is 0. The standard InChI is InChI=1S/C31H41N7O2/c1-4-37(5-2)20-18-32-29(39)25-12-14-27(15-13-25)35-31-33-17-16-28(36-31)38-19-6-7-26(22-38)30(40)34-21-24-10-8-23(3)9-11-24/h8-17,26H,4-7,18-22H2,1-3H3,(H,32,39)(H,34,40)(H,33,35,36)/t26-/m0/s1. The van der Waals surface area contributed by atoms with Crippen LogP contribution < -0.4 is 20.9 Å². The van der Waals surface area contributed by atoms with Crippen molar-refractivity contribution >= 4 is 29.3 Å². The zero-order valence-electron chi connectivity index (χ0n) is 23.8. The van der Waals surface area contributed by atoms with E-state index in [1.54, 1.807) is 18.3 Å². The molecular formula is C31H41N7O2. The average molecular weight is 544 g/mol. The van der Waals surface area contributed by atoms with Gasteiger partial charge in [0, 0.05) is 50.2 Å². The van der Waals surface area contributed by atoms with Gasteiger partial charge in [0.15, 0.2) is 0 Å². The number of rotatable bonds is 12. The smallest absolute Gasteiger partial charge is 0.251 e. The maximum Gasteiger partial charge on any atom is 0.251 e. The number of carbonyl (C=O) groups is 2. The number of nitrogens with one attached hydrogen (secondary N) is 3. The van der Waals surface area contributed by atoms with Gasteiger partial charge in [0.1, 0.15) is 5.82 Å². The van der Waals surface area contributed by atoms with Gasteiger partial charge in [-0.25, -0.2) is 4.98 Å². The van der Waals surface area contributed by atoms with Crippen LogP contribution >= 0.6 is 0 Å². The number of likely N-dealkylation sites (N-methyl/N-ethyl adjacent to an activating group) is 1. The monoisotopic (exact) mass is 543 g/mol. The zero-order valence-corrected chi connectivity index (χ0v) is 23.8. The number of anilines is 3. The molecule has 0 radical (unpaired) electrons. The van der Waals surface area contributed by atoms with Gasteiger partial charge in [-0.2, -0.15) is 4.98 Å². The first-order chi connectivity index (χ1) is 19.4. The lowest BCUT2D eigenvalue weighted by Crippen LogP contribution is -2.43. The number of hydrogen-bond donors (Lipinski definition) is 3. The molecule has 1 aromatic heterocycles. The minimum atomic E-state index is -0.0868. The van der Waals surface area contributed by atoms with E-state index in [9.17, 15) is 9.59 Å². The minimum absolute atomic E-state index is 0.0786. The molecule has 0 bridgehead atoms. The molecular weight excluding hydrogens is 502 g/mol. The fraction of sp³-hybridized carbons (Fsp3) is 0.419. The predicted octanol–water partition coefficient (Wildman–Crippen LogP) is 4.13. The van der Waals surface area contributed by atoms with Gasteiger partial charge in [-0.1, -0.05) is 43.7 Å². The van der Waals surface area contributed by atoms with E-state index >= 15 is 0 Å². The molecule has 0 aliphatic carbocycles. The minimum Gasteiger partial charge on any atom is -0.356 e. The number of aryl methyl sites for hydroxylation is 1. The van der Waals surface area contributed by atoms with Crippen LogP contribution in [0.25, 0.3) is 0 Å². The van der Waals surface area contributed by atoms with Crippen LogP contribution in [0.5, 0.6) is 0 Å². The highest BCUT2D eigenvalue weighted by Crippen LogP contribution is 2.23. The van der Waals surface area contributed by atoms with Crippen molar-refractivity contribution in [2.45, 2.75) is 40.2 Å². The number of benzene rings is 2. The van der Waals surface area contributed by atoms with Crippen molar-refractivity contribution in [2.75, 3.05) is 49.5 Å². The molecule has 1 fully saturated rings. The van der Waals surface area contributed by atoms with Gasteiger partial charge in [-0.3, -0.25) is 9.59 Å². The molecule has 0 spiro atoms. The number of aromatic nitrogens is 2. The Bertz CT molecular complexity index is 1240. The Morgan fingerprint density at radius 1 is 1.00 bits per heavy atom. The topological polar surface area (TPSA) is 102 Å². The van der Waals surface area contributed by atoms with E-state index in [-0.39, 0.29) is 17.7 Å². The molecule has 2 amide bonds. The molecule has 2 aromatic carbocycles. The third-order valence-electron chi connectivity index (χ3n) is 7.36. The van der Waals surface area contributed by atoms with Gasteiger partial charge < -0.3 is 25.8 Å². The summed E-state index contributed by atoms with van der Waals surface area (Å²) in [7, 11) is 0. The molecule has 212 valence electrons. The Kier molecular flexibility index (Phi) is 10.5. The first-order valence-corrected chi connectivity index (χ1v) is 14.2. The van der Waals surface area contributed by atoms with E-state index in [1.807, 2.05) is 18.2 Å². The molecule has 9 nitrogen and oxygen atoms in total. The third kappa shape index (κ3) is 8.26. The molecule has 0 saturated carbocycles. The average Bonchev–Trinajstić information content (AvgIpc) is 2.99. The highest BCUT2D eigenvalue weighted by atomic mass is 16.2. The third-order valence-corrected chi connectivity index (χ3v) is 7.36. The second-order valence-corrected chi connectivity index (χ2v) is 10.2. The fourth-order valence-electron chi connectivity index (χ4n) is 4.83. The molecule has 2 heterocycles. The van der Waals surface area contributed by atoms with Crippen molar-refractivity contribution < 1.29 is 9.59 Å². The fourth-order valence-corrected chi connectivity index (χ4v) is 4.83. The van der Waals surface area contributed by atoms with Crippen LogP contribution in [0.1, 0.15) is 48.2 Å².